The number of tetrazole rings is 1. The molecule has 0 aliphatic heterocycles. The van der Waals surface area contributed by atoms with Crippen LogP contribution >= 0.6 is 0 Å². The topological polar surface area (TPSA) is 94.8 Å². The highest BCUT2D eigenvalue weighted by atomic mass is 16.5. The zero-order chi connectivity index (χ0) is 16.8. The first-order valence-electron chi connectivity index (χ1n) is 7.37. The van der Waals surface area contributed by atoms with Crippen LogP contribution in [0, 0.1) is 0 Å². The van der Waals surface area contributed by atoms with Gasteiger partial charge < -0.3 is 10.1 Å². The lowest BCUT2D eigenvalue weighted by molar-refractivity contribution is -0.116. The smallest absolute Gasteiger partial charge is 0.224 e. The summed E-state index contributed by atoms with van der Waals surface area (Å²) >= 11 is 0. The standard InChI is InChI=1S/C16H16N6O2/c1-24-16-9-5-13(10-17-16)19-15(23)8-4-12-2-6-14(7-3-12)22-11-18-20-21-22/h2-3,5-7,9-11H,4,8H2,1H3,(H,19,23). The molecule has 1 aromatic carbocycles. The molecule has 3 rings (SSSR count). The number of nitrogens with zero attached hydrogens (tertiary/aromatic N) is 5. The Hall–Kier alpha value is -3.29. The third-order valence-corrected chi connectivity index (χ3v) is 3.42. The van der Waals surface area contributed by atoms with Gasteiger partial charge in [-0.15, -0.1) is 5.10 Å². The van der Waals surface area contributed by atoms with Crippen molar-refractivity contribution >= 4 is 11.6 Å². The molecular weight excluding hydrogens is 308 g/mol. The van der Waals surface area contributed by atoms with Crippen molar-refractivity contribution in [2.24, 2.45) is 0 Å². The number of carbonyl (C=O) groups is 1. The van der Waals surface area contributed by atoms with E-state index in [9.17, 15) is 4.79 Å². The molecule has 0 saturated carbocycles. The second-order valence-electron chi connectivity index (χ2n) is 5.06. The van der Waals surface area contributed by atoms with E-state index in [0.717, 1.165) is 11.3 Å². The Morgan fingerprint density at radius 2 is 2.04 bits per heavy atom. The summed E-state index contributed by atoms with van der Waals surface area (Å²) in [6.07, 6.45) is 4.13. The molecule has 1 amide bonds. The number of aromatic nitrogens is 5. The van der Waals surface area contributed by atoms with Crippen molar-refractivity contribution in [2.45, 2.75) is 12.8 Å². The first kappa shape index (κ1) is 15.6. The maximum absolute atomic E-state index is 12.0. The van der Waals surface area contributed by atoms with Gasteiger partial charge in [0, 0.05) is 12.5 Å². The molecule has 0 aliphatic rings. The van der Waals surface area contributed by atoms with Crippen molar-refractivity contribution in [2.75, 3.05) is 12.4 Å². The molecule has 0 spiro atoms. The monoisotopic (exact) mass is 324 g/mol. The minimum absolute atomic E-state index is 0.0634. The van der Waals surface area contributed by atoms with Crippen LogP contribution in [0.2, 0.25) is 0 Å². The first-order chi connectivity index (χ1) is 11.7. The van der Waals surface area contributed by atoms with Gasteiger partial charge in [0.2, 0.25) is 11.8 Å². The molecule has 0 radical (unpaired) electrons. The number of nitrogens with one attached hydrogen (secondary N) is 1. The lowest BCUT2D eigenvalue weighted by Crippen LogP contribution is -2.12. The molecule has 0 saturated heterocycles. The van der Waals surface area contributed by atoms with Gasteiger partial charge >= 0.3 is 0 Å². The molecule has 24 heavy (non-hydrogen) atoms. The summed E-state index contributed by atoms with van der Waals surface area (Å²) in [5.74, 6) is 0.446. The van der Waals surface area contributed by atoms with E-state index in [1.54, 1.807) is 30.1 Å². The van der Waals surface area contributed by atoms with Gasteiger partial charge in [-0.2, -0.15) is 0 Å². The summed E-state index contributed by atoms with van der Waals surface area (Å²) in [7, 11) is 1.55. The largest absolute Gasteiger partial charge is 0.481 e. The molecule has 122 valence electrons. The van der Waals surface area contributed by atoms with Crippen LogP contribution in [0.15, 0.2) is 48.9 Å². The Bertz CT molecular complexity index is 784. The van der Waals surface area contributed by atoms with E-state index in [-0.39, 0.29) is 5.91 Å². The van der Waals surface area contributed by atoms with E-state index < -0.39 is 0 Å². The highest BCUT2D eigenvalue weighted by molar-refractivity contribution is 5.90. The van der Waals surface area contributed by atoms with Gasteiger partial charge in [0.1, 0.15) is 6.33 Å². The number of carbonyl (C=O) groups excluding carboxylic acids is 1. The number of ether oxygens (including phenoxy) is 1. The van der Waals surface area contributed by atoms with E-state index in [1.807, 2.05) is 24.3 Å². The molecule has 8 nitrogen and oxygen atoms in total. The van der Waals surface area contributed by atoms with Crippen molar-refractivity contribution in [1.82, 2.24) is 25.2 Å². The van der Waals surface area contributed by atoms with Crippen LogP contribution in [-0.4, -0.2) is 38.2 Å². The zero-order valence-electron chi connectivity index (χ0n) is 13.1. The third-order valence-electron chi connectivity index (χ3n) is 3.42. The van der Waals surface area contributed by atoms with Gasteiger partial charge in [0.25, 0.3) is 0 Å². The molecule has 3 aromatic rings. The van der Waals surface area contributed by atoms with Gasteiger partial charge in [0.05, 0.1) is 24.7 Å². The van der Waals surface area contributed by atoms with E-state index in [1.165, 1.54) is 6.33 Å². The number of hydrogen-bond acceptors (Lipinski definition) is 6. The minimum atomic E-state index is -0.0634. The highest BCUT2D eigenvalue weighted by Gasteiger charge is 2.05. The Morgan fingerprint density at radius 1 is 1.21 bits per heavy atom. The van der Waals surface area contributed by atoms with Crippen LogP contribution in [0.1, 0.15) is 12.0 Å². The molecular formula is C16H16N6O2. The summed E-state index contributed by atoms with van der Waals surface area (Å²) < 4.78 is 6.55. The lowest BCUT2D eigenvalue weighted by atomic mass is 10.1. The molecule has 2 aromatic heterocycles. The number of benzene rings is 1. The number of amides is 1. The molecule has 0 atom stereocenters. The third kappa shape index (κ3) is 3.92. The van der Waals surface area contributed by atoms with Crippen molar-refractivity contribution in [3.05, 3.63) is 54.5 Å². The maximum atomic E-state index is 12.0. The van der Waals surface area contributed by atoms with Crippen LogP contribution in [0.25, 0.3) is 5.69 Å². The molecule has 1 N–H and O–H groups in total. The second-order valence-corrected chi connectivity index (χ2v) is 5.06. The fourth-order valence-electron chi connectivity index (χ4n) is 2.15. The number of hydrogen-bond donors (Lipinski definition) is 1. The summed E-state index contributed by atoms with van der Waals surface area (Å²) in [6, 6.07) is 11.2. The highest BCUT2D eigenvalue weighted by Crippen LogP contribution is 2.13. The van der Waals surface area contributed by atoms with Gasteiger partial charge in [-0.1, -0.05) is 12.1 Å². The SMILES string of the molecule is COc1ccc(NC(=O)CCc2ccc(-n3cnnn3)cc2)cn1. The summed E-state index contributed by atoms with van der Waals surface area (Å²) in [6.45, 7) is 0. The Labute approximate surface area is 138 Å². The lowest BCUT2D eigenvalue weighted by Gasteiger charge is -2.06. The predicted octanol–water partition coefficient (Wildman–Crippen LogP) is 1.64. The van der Waals surface area contributed by atoms with Crippen LogP contribution < -0.4 is 10.1 Å². The number of pyridine rings is 1. The Kier molecular flexibility index (Phi) is 4.76. The van der Waals surface area contributed by atoms with Gasteiger partial charge in [-0.25, -0.2) is 9.67 Å². The van der Waals surface area contributed by atoms with E-state index in [4.69, 9.17) is 4.74 Å². The van der Waals surface area contributed by atoms with Crippen LogP contribution in [0.5, 0.6) is 5.88 Å². The number of rotatable bonds is 6. The van der Waals surface area contributed by atoms with E-state index in [2.05, 4.69) is 25.8 Å². The van der Waals surface area contributed by atoms with Crippen molar-refractivity contribution in [1.29, 1.82) is 0 Å². The minimum Gasteiger partial charge on any atom is -0.481 e. The molecule has 8 heteroatoms. The van der Waals surface area contributed by atoms with Crippen molar-refractivity contribution in [3.63, 3.8) is 0 Å². The summed E-state index contributed by atoms with van der Waals surface area (Å²) in [5.41, 5.74) is 2.59. The normalized spacial score (nSPS) is 10.4. The number of methoxy groups -OCH3 is 1. The van der Waals surface area contributed by atoms with Gasteiger partial charge in [-0.05, 0) is 40.6 Å². The maximum Gasteiger partial charge on any atom is 0.224 e. The molecule has 0 bridgehead atoms. The molecule has 0 unspecified atom stereocenters. The molecule has 2 heterocycles. The van der Waals surface area contributed by atoms with Crippen molar-refractivity contribution in [3.8, 4) is 11.6 Å². The Balaban J connectivity index is 1.52. The van der Waals surface area contributed by atoms with E-state index in [0.29, 0.717) is 24.4 Å². The average Bonchev–Trinajstić information content (AvgIpc) is 3.16. The number of aryl methyl sites for hydroxylation is 1. The predicted molar refractivity (Wildman–Crippen MR) is 86.9 cm³/mol. The van der Waals surface area contributed by atoms with Gasteiger partial charge in [0.15, 0.2) is 0 Å². The van der Waals surface area contributed by atoms with Crippen LogP contribution in [0.3, 0.4) is 0 Å². The second kappa shape index (κ2) is 7.32. The summed E-state index contributed by atoms with van der Waals surface area (Å²) in [4.78, 5) is 16.0. The zero-order valence-corrected chi connectivity index (χ0v) is 13.1. The molecule has 0 aliphatic carbocycles. The van der Waals surface area contributed by atoms with Gasteiger partial charge in [-0.3, -0.25) is 4.79 Å². The van der Waals surface area contributed by atoms with Crippen LogP contribution in [-0.2, 0) is 11.2 Å². The molecule has 0 fully saturated rings. The average molecular weight is 324 g/mol. The number of anilines is 1. The van der Waals surface area contributed by atoms with Crippen LogP contribution in [0.4, 0.5) is 5.69 Å². The Morgan fingerprint density at radius 3 is 2.67 bits per heavy atom. The summed E-state index contributed by atoms with van der Waals surface area (Å²) in [5, 5.41) is 13.8. The fraction of sp³-hybridized carbons (Fsp3) is 0.188. The quantitative estimate of drug-likeness (QED) is 0.740. The first-order valence-corrected chi connectivity index (χ1v) is 7.37. The van der Waals surface area contributed by atoms with Crippen molar-refractivity contribution < 1.29 is 9.53 Å². The van der Waals surface area contributed by atoms with E-state index >= 15 is 0 Å². The fourth-order valence-corrected chi connectivity index (χ4v) is 2.15.